The van der Waals surface area contributed by atoms with Gasteiger partial charge in [-0.25, -0.2) is 8.42 Å². The first-order valence-electron chi connectivity index (χ1n) is 7.11. The SMILES string of the molecule is COc1ccccc1S(=O)(=O)N1CCN(C)c2cc(Cl)ccc21. The van der Waals surface area contributed by atoms with Crippen LogP contribution in [0.15, 0.2) is 47.4 Å². The number of hydrogen-bond acceptors (Lipinski definition) is 4. The molecule has 0 saturated carbocycles. The highest BCUT2D eigenvalue weighted by molar-refractivity contribution is 7.93. The van der Waals surface area contributed by atoms with E-state index in [-0.39, 0.29) is 4.90 Å². The summed E-state index contributed by atoms with van der Waals surface area (Å²) in [7, 11) is -0.333. The van der Waals surface area contributed by atoms with E-state index < -0.39 is 10.0 Å². The van der Waals surface area contributed by atoms with Crippen molar-refractivity contribution in [2.45, 2.75) is 4.90 Å². The summed E-state index contributed by atoms with van der Waals surface area (Å²) in [6, 6.07) is 11.9. The van der Waals surface area contributed by atoms with E-state index >= 15 is 0 Å². The highest BCUT2D eigenvalue weighted by Gasteiger charge is 2.32. The van der Waals surface area contributed by atoms with Crippen molar-refractivity contribution in [1.82, 2.24) is 0 Å². The number of ether oxygens (including phenoxy) is 1. The summed E-state index contributed by atoms with van der Waals surface area (Å²) in [6.45, 7) is 0.952. The number of fused-ring (bicyclic) bond motifs is 1. The maximum absolute atomic E-state index is 13.1. The normalized spacial score (nSPS) is 14.6. The minimum Gasteiger partial charge on any atom is -0.495 e. The molecule has 1 aliphatic heterocycles. The Labute approximate surface area is 141 Å². The van der Waals surface area contributed by atoms with Crippen molar-refractivity contribution >= 4 is 33.0 Å². The van der Waals surface area contributed by atoms with E-state index in [4.69, 9.17) is 16.3 Å². The Morgan fingerprint density at radius 2 is 1.83 bits per heavy atom. The van der Waals surface area contributed by atoms with E-state index in [0.717, 1.165) is 5.69 Å². The van der Waals surface area contributed by atoms with Crippen molar-refractivity contribution in [2.75, 3.05) is 36.5 Å². The van der Waals surface area contributed by atoms with Crippen LogP contribution in [-0.2, 0) is 10.0 Å². The van der Waals surface area contributed by atoms with Gasteiger partial charge in [-0.15, -0.1) is 0 Å². The second-order valence-corrected chi connectivity index (χ2v) is 7.55. The molecule has 0 spiro atoms. The fraction of sp³-hybridized carbons (Fsp3) is 0.250. The monoisotopic (exact) mass is 352 g/mol. The Kier molecular flexibility index (Phi) is 4.12. The topological polar surface area (TPSA) is 49.9 Å². The van der Waals surface area contributed by atoms with Gasteiger partial charge in [0, 0.05) is 18.6 Å². The molecule has 0 fully saturated rings. The molecular weight excluding hydrogens is 336 g/mol. The zero-order valence-electron chi connectivity index (χ0n) is 12.9. The van der Waals surface area contributed by atoms with Crippen LogP contribution in [0, 0.1) is 0 Å². The predicted octanol–water partition coefficient (Wildman–Crippen LogP) is 2.99. The van der Waals surface area contributed by atoms with Crippen LogP contribution in [0.5, 0.6) is 5.75 Å². The number of methoxy groups -OCH3 is 1. The third kappa shape index (κ3) is 2.72. The second-order valence-electron chi connectivity index (χ2n) is 5.28. The molecule has 0 amide bonds. The van der Waals surface area contributed by atoms with E-state index in [1.54, 1.807) is 42.5 Å². The van der Waals surface area contributed by atoms with Crippen LogP contribution in [0.4, 0.5) is 11.4 Å². The molecule has 3 rings (SSSR count). The van der Waals surface area contributed by atoms with Crippen LogP contribution in [0.1, 0.15) is 0 Å². The van der Waals surface area contributed by atoms with Crippen molar-refractivity contribution in [2.24, 2.45) is 0 Å². The molecule has 23 heavy (non-hydrogen) atoms. The zero-order chi connectivity index (χ0) is 16.6. The lowest BCUT2D eigenvalue weighted by molar-refractivity contribution is 0.402. The minimum atomic E-state index is -3.72. The third-order valence-electron chi connectivity index (χ3n) is 3.89. The Morgan fingerprint density at radius 3 is 2.57 bits per heavy atom. The van der Waals surface area contributed by atoms with Crippen LogP contribution < -0.4 is 13.9 Å². The molecular formula is C16H17ClN2O3S. The number of benzene rings is 2. The summed E-state index contributed by atoms with van der Waals surface area (Å²) in [4.78, 5) is 2.16. The van der Waals surface area contributed by atoms with Gasteiger partial charge < -0.3 is 9.64 Å². The zero-order valence-corrected chi connectivity index (χ0v) is 14.4. The molecule has 122 valence electrons. The summed E-state index contributed by atoms with van der Waals surface area (Å²) in [5.74, 6) is 0.335. The molecule has 0 saturated heterocycles. The molecule has 0 radical (unpaired) electrons. The van der Waals surface area contributed by atoms with Gasteiger partial charge in [0.1, 0.15) is 10.6 Å². The van der Waals surface area contributed by atoms with Gasteiger partial charge in [0.05, 0.1) is 25.0 Å². The maximum Gasteiger partial charge on any atom is 0.268 e. The van der Waals surface area contributed by atoms with E-state index in [0.29, 0.717) is 29.5 Å². The first-order valence-corrected chi connectivity index (χ1v) is 8.93. The maximum atomic E-state index is 13.1. The molecule has 0 unspecified atom stereocenters. The van der Waals surface area contributed by atoms with Gasteiger partial charge in [-0.05, 0) is 30.3 Å². The molecule has 0 N–H and O–H groups in total. The predicted molar refractivity (Wildman–Crippen MR) is 92.2 cm³/mol. The van der Waals surface area contributed by atoms with Crippen LogP contribution in [0.2, 0.25) is 5.02 Å². The largest absolute Gasteiger partial charge is 0.495 e. The van der Waals surface area contributed by atoms with Crippen molar-refractivity contribution in [3.8, 4) is 5.75 Å². The summed E-state index contributed by atoms with van der Waals surface area (Å²) in [5, 5.41) is 0.576. The number of hydrogen-bond donors (Lipinski definition) is 0. The molecule has 1 aliphatic rings. The average molecular weight is 353 g/mol. The smallest absolute Gasteiger partial charge is 0.268 e. The van der Waals surface area contributed by atoms with Gasteiger partial charge in [-0.2, -0.15) is 0 Å². The standard InChI is InChI=1S/C16H17ClN2O3S/c1-18-9-10-19(13-8-7-12(17)11-14(13)18)23(20,21)16-6-4-3-5-15(16)22-2/h3-8,11H,9-10H2,1-2H3. The Balaban J connectivity index is 2.14. The summed E-state index contributed by atoms with van der Waals surface area (Å²) in [5.41, 5.74) is 1.41. The van der Waals surface area contributed by atoms with Gasteiger partial charge in [0.25, 0.3) is 10.0 Å². The Morgan fingerprint density at radius 1 is 1.09 bits per heavy atom. The Bertz CT molecular complexity index is 839. The highest BCUT2D eigenvalue weighted by Crippen LogP contribution is 2.38. The summed E-state index contributed by atoms with van der Waals surface area (Å²) in [6.07, 6.45) is 0. The fourth-order valence-electron chi connectivity index (χ4n) is 2.70. The van der Waals surface area contributed by atoms with Crippen molar-refractivity contribution in [1.29, 1.82) is 0 Å². The molecule has 7 heteroatoms. The van der Waals surface area contributed by atoms with Crippen LogP contribution in [-0.4, -0.2) is 35.7 Å². The summed E-state index contributed by atoms with van der Waals surface area (Å²) >= 11 is 6.05. The van der Waals surface area contributed by atoms with Gasteiger partial charge >= 0.3 is 0 Å². The first-order chi connectivity index (χ1) is 10.9. The first kappa shape index (κ1) is 16.0. The number of rotatable bonds is 3. The average Bonchev–Trinajstić information content (AvgIpc) is 2.55. The number of sulfonamides is 1. The fourth-order valence-corrected chi connectivity index (χ4v) is 4.49. The van der Waals surface area contributed by atoms with E-state index in [9.17, 15) is 8.42 Å². The molecule has 2 aromatic rings. The number of halogens is 1. The molecule has 0 atom stereocenters. The number of nitrogens with zero attached hydrogens (tertiary/aromatic N) is 2. The van der Waals surface area contributed by atoms with Crippen LogP contribution in [0.3, 0.4) is 0 Å². The van der Waals surface area contributed by atoms with Crippen LogP contribution in [0.25, 0.3) is 0 Å². The lowest BCUT2D eigenvalue weighted by Gasteiger charge is -2.36. The number of para-hydroxylation sites is 1. The molecule has 1 heterocycles. The van der Waals surface area contributed by atoms with Gasteiger partial charge in [0.15, 0.2) is 0 Å². The van der Waals surface area contributed by atoms with Gasteiger partial charge in [0.2, 0.25) is 0 Å². The summed E-state index contributed by atoms with van der Waals surface area (Å²) < 4.78 is 32.9. The van der Waals surface area contributed by atoms with Gasteiger partial charge in [-0.1, -0.05) is 23.7 Å². The molecule has 0 bridgehead atoms. The molecule has 0 aliphatic carbocycles. The van der Waals surface area contributed by atoms with E-state index in [1.165, 1.54) is 11.4 Å². The van der Waals surface area contributed by atoms with Crippen molar-refractivity contribution in [3.63, 3.8) is 0 Å². The molecule has 0 aromatic heterocycles. The minimum absolute atomic E-state index is 0.160. The quantitative estimate of drug-likeness (QED) is 0.852. The lowest BCUT2D eigenvalue weighted by atomic mass is 10.2. The van der Waals surface area contributed by atoms with Gasteiger partial charge in [-0.3, -0.25) is 4.31 Å². The van der Waals surface area contributed by atoms with E-state index in [2.05, 4.69) is 0 Å². The number of anilines is 2. The Hall–Kier alpha value is -1.92. The number of likely N-dealkylation sites (N-methyl/N-ethyl adjacent to an activating group) is 1. The third-order valence-corrected chi connectivity index (χ3v) is 5.98. The second kappa shape index (κ2) is 5.94. The molecule has 2 aromatic carbocycles. The van der Waals surface area contributed by atoms with E-state index in [1.807, 2.05) is 11.9 Å². The van der Waals surface area contributed by atoms with Crippen molar-refractivity contribution in [3.05, 3.63) is 47.5 Å². The molecule has 5 nitrogen and oxygen atoms in total. The van der Waals surface area contributed by atoms with Crippen LogP contribution >= 0.6 is 11.6 Å². The highest BCUT2D eigenvalue weighted by atomic mass is 35.5. The van der Waals surface area contributed by atoms with Crippen molar-refractivity contribution < 1.29 is 13.2 Å². The lowest BCUT2D eigenvalue weighted by Crippen LogP contribution is -2.42.